The molecule has 8 heteroatoms. The lowest BCUT2D eigenvalue weighted by Crippen LogP contribution is -2.30. The zero-order valence-corrected chi connectivity index (χ0v) is 18.4. The van der Waals surface area contributed by atoms with E-state index in [4.69, 9.17) is 9.47 Å². The number of hydrogen-bond donors (Lipinski definition) is 1. The van der Waals surface area contributed by atoms with Gasteiger partial charge in [-0.05, 0) is 18.9 Å². The van der Waals surface area contributed by atoms with Crippen LogP contribution in [-0.4, -0.2) is 39.9 Å². The Morgan fingerprint density at radius 1 is 1.09 bits per heavy atom. The Balaban J connectivity index is 2.33. The van der Waals surface area contributed by atoms with E-state index < -0.39 is 17.0 Å². The van der Waals surface area contributed by atoms with Gasteiger partial charge < -0.3 is 23.5 Å². The van der Waals surface area contributed by atoms with E-state index in [2.05, 4.69) is 0 Å². The van der Waals surface area contributed by atoms with Crippen molar-refractivity contribution in [2.45, 2.75) is 39.7 Å². The minimum Gasteiger partial charge on any atom is -0.487 e. The van der Waals surface area contributed by atoms with Gasteiger partial charge in [-0.15, -0.1) is 0 Å². The van der Waals surface area contributed by atoms with Crippen LogP contribution in [0.25, 0.3) is 5.52 Å². The molecule has 2 heterocycles. The highest BCUT2D eigenvalue weighted by molar-refractivity contribution is 5.90. The molecule has 0 fully saturated rings. The summed E-state index contributed by atoms with van der Waals surface area (Å²) in [7, 11) is 0. The zero-order valence-electron chi connectivity index (χ0n) is 18.4. The zero-order chi connectivity index (χ0) is 23.1. The lowest BCUT2D eigenvalue weighted by atomic mass is 10.1. The summed E-state index contributed by atoms with van der Waals surface area (Å²) in [6.45, 7) is 3.81. The summed E-state index contributed by atoms with van der Waals surface area (Å²) in [5.74, 6) is -0.937. The third kappa shape index (κ3) is 4.91. The van der Waals surface area contributed by atoms with E-state index in [0.717, 1.165) is 12.0 Å². The van der Waals surface area contributed by atoms with E-state index in [-0.39, 0.29) is 43.2 Å². The number of aliphatic hydroxyl groups is 1. The van der Waals surface area contributed by atoms with Gasteiger partial charge in [-0.3, -0.25) is 9.59 Å². The molecule has 0 atom stereocenters. The number of aromatic nitrogens is 2. The van der Waals surface area contributed by atoms with Crippen molar-refractivity contribution in [3.05, 3.63) is 80.1 Å². The molecule has 170 valence electrons. The van der Waals surface area contributed by atoms with E-state index in [9.17, 15) is 19.5 Å². The van der Waals surface area contributed by atoms with Gasteiger partial charge >= 0.3 is 5.97 Å². The van der Waals surface area contributed by atoms with Crippen LogP contribution in [0.1, 0.15) is 48.3 Å². The number of unbranched alkanes of at least 4 members (excludes halogenated alkanes) is 1. The summed E-state index contributed by atoms with van der Waals surface area (Å²) in [5, 5.41) is 9.45. The first-order valence-corrected chi connectivity index (χ1v) is 10.8. The van der Waals surface area contributed by atoms with Crippen LogP contribution in [0.3, 0.4) is 0 Å². The summed E-state index contributed by atoms with van der Waals surface area (Å²) >= 11 is 0. The fraction of sp³-hybridized carbons (Fsp3) is 0.375. The van der Waals surface area contributed by atoms with Crippen molar-refractivity contribution in [1.82, 2.24) is 8.97 Å². The molecule has 8 nitrogen and oxygen atoms in total. The number of ether oxygens (including phenoxy) is 2. The maximum atomic E-state index is 13.2. The largest absolute Gasteiger partial charge is 0.487 e. The number of aliphatic hydroxyl groups excluding tert-OH is 1. The van der Waals surface area contributed by atoms with E-state index in [0.29, 0.717) is 18.5 Å². The monoisotopic (exact) mass is 440 g/mol. The second-order valence-corrected chi connectivity index (χ2v) is 7.35. The third-order valence-corrected chi connectivity index (χ3v) is 5.05. The number of benzene rings is 1. The number of rotatable bonds is 10. The third-order valence-electron chi connectivity index (χ3n) is 5.05. The molecule has 32 heavy (non-hydrogen) atoms. The first kappa shape index (κ1) is 23.3. The Morgan fingerprint density at radius 2 is 1.84 bits per heavy atom. The number of carbonyl (C=O) groups excluding carboxylic acids is 1. The van der Waals surface area contributed by atoms with Crippen molar-refractivity contribution in [1.29, 1.82) is 0 Å². The van der Waals surface area contributed by atoms with E-state index in [1.165, 1.54) is 15.2 Å². The van der Waals surface area contributed by atoms with Gasteiger partial charge in [-0.25, -0.2) is 4.79 Å². The Kier molecular flexibility index (Phi) is 7.83. The molecule has 0 amide bonds. The Bertz CT molecular complexity index is 1200. The second kappa shape index (κ2) is 10.8. The summed E-state index contributed by atoms with van der Waals surface area (Å²) in [4.78, 5) is 38.9. The van der Waals surface area contributed by atoms with Crippen LogP contribution in [0, 0.1) is 0 Å². The minimum atomic E-state index is -0.766. The van der Waals surface area contributed by atoms with Gasteiger partial charge in [0, 0.05) is 31.1 Å². The van der Waals surface area contributed by atoms with Gasteiger partial charge in [0.05, 0.1) is 19.8 Å². The summed E-state index contributed by atoms with van der Waals surface area (Å²) in [5.41, 5.74) is 0.336. The van der Waals surface area contributed by atoms with Crippen LogP contribution >= 0.6 is 0 Å². The Labute approximate surface area is 185 Å². The van der Waals surface area contributed by atoms with Crippen LogP contribution in [0.5, 0.6) is 5.75 Å². The van der Waals surface area contributed by atoms with Gasteiger partial charge in [0.2, 0.25) is 5.43 Å². The molecule has 3 aromatic rings. The quantitative estimate of drug-likeness (QED) is 0.384. The molecular weight excluding hydrogens is 412 g/mol. The molecule has 0 saturated heterocycles. The molecule has 0 radical (unpaired) electrons. The molecule has 3 rings (SSSR count). The van der Waals surface area contributed by atoms with Gasteiger partial charge in [-0.1, -0.05) is 43.7 Å². The van der Waals surface area contributed by atoms with Crippen molar-refractivity contribution in [2.75, 3.05) is 19.8 Å². The molecule has 0 aliphatic heterocycles. The van der Waals surface area contributed by atoms with Crippen molar-refractivity contribution in [2.24, 2.45) is 0 Å². The minimum absolute atomic E-state index is 0.0426. The number of hydrogen-bond acceptors (Lipinski definition) is 6. The van der Waals surface area contributed by atoms with Crippen LogP contribution in [0.2, 0.25) is 0 Å². The number of nitrogens with zero attached hydrogens (tertiary/aromatic N) is 2. The average molecular weight is 440 g/mol. The lowest BCUT2D eigenvalue weighted by Gasteiger charge is -2.17. The highest BCUT2D eigenvalue weighted by Crippen LogP contribution is 2.19. The number of fused-ring (bicyclic) bond motifs is 1. The van der Waals surface area contributed by atoms with Crippen LogP contribution < -0.4 is 15.7 Å². The molecule has 1 N–H and O–H groups in total. The van der Waals surface area contributed by atoms with Crippen LogP contribution in [0.15, 0.2) is 52.3 Å². The number of esters is 1. The topological polar surface area (TPSA) is 99.2 Å². The SMILES string of the molecule is CCCCOc1c(=O)c(C(=O)OCC)cn2c(Cc3ccccc3)cn(CCO)c(=O)c12. The second-order valence-electron chi connectivity index (χ2n) is 7.35. The number of pyridine rings is 1. The Morgan fingerprint density at radius 3 is 2.50 bits per heavy atom. The normalized spacial score (nSPS) is 11.0. The van der Waals surface area contributed by atoms with Gasteiger partial charge in [-0.2, -0.15) is 0 Å². The van der Waals surface area contributed by atoms with Gasteiger partial charge in [0.1, 0.15) is 5.56 Å². The molecule has 0 aliphatic carbocycles. The fourth-order valence-corrected chi connectivity index (χ4v) is 3.47. The predicted octanol–water partition coefficient (Wildman–Crippen LogP) is 2.40. The fourth-order valence-electron chi connectivity index (χ4n) is 3.47. The number of carbonyl (C=O) groups is 1. The summed E-state index contributed by atoms with van der Waals surface area (Å²) < 4.78 is 13.7. The molecule has 0 aliphatic rings. The summed E-state index contributed by atoms with van der Waals surface area (Å²) in [6, 6.07) is 9.61. The highest BCUT2D eigenvalue weighted by atomic mass is 16.5. The van der Waals surface area contributed by atoms with E-state index in [1.807, 2.05) is 37.3 Å². The average Bonchev–Trinajstić information content (AvgIpc) is 2.79. The molecule has 0 spiro atoms. The first-order chi connectivity index (χ1) is 15.5. The van der Waals surface area contributed by atoms with Crippen molar-refractivity contribution >= 4 is 11.5 Å². The standard InChI is InChI=1S/C24H28N2O6/c1-3-5-13-32-22-20-23(29)25(11-12-27)15-18(14-17-9-7-6-8-10-17)26(20)16-19(21(22)28)24(30)31-4-2/h6-10,15-16,27H,3-5,11-14H2,1-2H3. The molecule has 1 aromatic carbocycles. The molecule has 2 aromatic heterocycles. The maximum Gasteiger partial charge on any atom is 0.343 e. The van der Waals surface area contributed by atoms with Crippen molar-refractivity contribution in [3.63, 3.8) is 0 Å². The highest BCUT2D eigenvalue weighted by Gasteiger charge is 2.23. The Hall–Kier alpha value is -3.39. The van der Waals surface area contributed by atoms with Crippen LogP contribution in [0.4, 0.5) is 0 Å². The van der Waals surface area contributed by atoms with E-state index >= 15 is 0 Å². The van der Waals surface area contributed by atoms with Gasteiger partial charge in [0.15, 0.2) is 11.3 Å². The maximum absolute atomic E-state index is 13.2. The van der Waals surface area contributed by atoms with Gasteiger partial charge in [0.25, 0.3) is 5.56 Å². The first-order valence-electron chi connectivity index (χ1n) is 10.8. The smallest absolute Gasteiger partial charge is 0.343 e. The molecule has 0 unspecified atom stereocenters. The molecule has 0 saturated carbocycles. The van der Waals surface area contributed by atoms with E-state index in [1.54, 1.807) is 13.1 Å². The molecular formula is C24H28N2O6. The predicted molar refractivity (Wildman–Crippen MR) is 121 cm³/mol. The molecule has 0 bridgehead atoms. The van der Waals surface area contributed by atoms with Crippen molar-refractivity contribution < 1.29 is 19.4 Å². The lowest BCUT2D eigenvalue weighted by molar-refractivity contribution is 0.0523. The summed E-state index contributed by atoms with van der Waals surface area (Å²) in [6.07, 6.45) is 4.94. The van der Waals surface area contributed by atoms with Crippen molar-refractivity contribution in [3.8, 4) is 5.75 Å². The van der Waals surface area contributed by atoms with Crippen LogP contribution in [-0.2, 0) is 17.7 Å².